The summed E-state index contributed by atoms with van der Waals surface area (Å²) in [6, 6.07) is 11.1. The van der Waals surface area contributed by atoms with Gasteiger partial charge in [-0.1, -0.05) is 23.8 Å². The quantitative estimate of drug-likeness (QED) is 0.261. The van der Waals surface area contributed by atoms with Crippen molar-refractivity contribution in [1.82, 2.24) is 10.2 Å². The second-order valence-corrected chi connectivity index (χ2v) is 9.85. The fourth-order valence-corrected chi connectivity index (χ4v) is 5.00. The van der Waals surface area contributed by atoms with E-state index in [4.69, 9.17) is 4.74 Å². The van der Waals surface area contributed by atoms with Crippen molar-refractivity contribution >= 4 is 51.1 Å². The number of halogens is 1. The summed E-state index contributed by atoms with van der Waals surface area (Å²) in [5, 5.41) is 15.0. The van der Waals surface area contributed by atoms with Crippen LogP contribution >= 0.6 is 35.3 Å². The summed E-state index contributed by atoms with van der Waals surface area (Å²) in [6.45, 7) is 5.69. The molecule has 168 valence electrons. The van der Waals surface area contributed by atoms with Crippen molar-refractivity contribution in [3.05, 3.63) is 47.3 Å². The first-order chi connectivity index (χ1) is 13.8. The highest BCUT2D eigenvalue weighted by atomic mass is 127. The van der Waals surface area contributed by atoms with Gasteiger partial charge >= 0.3 is 0 Å². The summed E-state index contributed by atoms with van der Waals surface area (Å²) in [5.74, 6) is 1.05. The minimum absolute atomic E-state index is 0. The van der Waals surface area contributed by atoms with Crippen LogP contribution in [0.5, 0.6) is 5.75 Å². The van der Waals surface area contributed by atoms with Crippen LogP contribution in [0.25, 0.3) is 0 Å². The van der Waals surface area contributed by atoms with Gasteiger partial charge in [-0.25, -0.2) is 8.42 Å². The molecule has 10 heteroatoms. The Hall–Kier alpha value is -1.37. The minimum atomic E-state index is -3.50. The van der Waals surface area contributed by atoms with Gasteiger partial charge in [-0.3, -0.25) is 4.99 Å². The number of ether oxygens (including phenoxy) is 1. The Morgan fingerprint density at radius 3 is 2.60 bits per heavy atom. The third kappa shape index (κ3) is 8.78. The van der Waals surface area contributed by atoms with E-state index in [-0.39, 0.29) is 40.5 Å². The molecule has 0 aliphatic rings. The zero-order chi connectivity index (χ0) is 21.3. The molecule has 2 N–H and O–H groups in total. The Morgan fingerprint density at radius 2 is 2.00 bits per heavy atom. The molecule has 0 saturated carbocycles. The van der Waals surface area contributed by atoms with Crippen LogP contribution in [0.4, 0.5) is 0 Å². The van der Waals surface area contributed by atoms with Gasteiger partial charge in [-0.15, -0.1) is 35.3 Å². The Morgan fingerprint density at radius 1 is 1.30 bits per heavy atom. The second-order valence-electron chi connectivity index (χ2n) is 6.65. The van der Waals surface area contributed by atoms with E-state index in [1.165, 1.54) is 5.56 Å². The van der Waals surface area contributed by atoms with Gasteiger partial charge < -0.3 is 20.1 Å². The number of hydrogen-bond acceptors (Lipinski definition) is 6. The lowest BCUT2D eigenvalue weighted by atomic mass is 10.2. The molecule has 1 aromatic carbocycles. The molecule has 2 rings (SSSR count). The normalized spacial score (nSPS) is 12.7. The van der Waals surface area contributed by atoms with E-state index < -0.39 is 15.9 Å². The lowest BCUT2D eigenvalue weighted by Crippen LogP contribution is -2.41. The van der Waals surface area contributed by atoms with E-state index in [0.29, 0.717) is 25.7 Å². The number of rotatable bonds is 10. The zero-order valence-corrected chi connectivity index (χ0v) is 21.4. The van der Waals surface area contributed by atoms with Crippen LogP contribution in [-0.2, 0) is 9.84 Å². The van der Waals surface area contributed by atoms with Crippen LogP contribution < -0.4 is 10.1 Å². The summed E-state index contributed by atoms with van der Waals surface area (Å²) in [5.41, 5.74) is 1.18. The fourth-order valence-electron chi connectivity index (χ4n) is 2.53. The van der Waals surface area contributed by atoms with E-state index >= 15 is 0 Å². The number of guanidine groups is 1. The Bertz CT molecular complexity index is 872. The molecular formula is C20H30IN3O4S2. The molecule has 2 aromatic rings. The standard InChI is InChI=1S/C20H29N3O4S2.HI/c1-4-21-20(23(3)11-12-27-18-9-7-16(2)8-10-18)22-14-17(24)15-29(25,26)19-6-5-13-28-19;/h5-10,13,17,24H,4,11-12,14-15H2,1-3H3,(H,21,22);1H. The first-order valence-electron chi connectivity index (χ1n) is 9.45. The lowest BCUT2D eigenvalue weighted by Gasteiger charge is -2.22. The van der Waals surface area contributed by atoms with Gasteiger partial charge in [0, 0.05) is 13.6 Å². The van der Waals surface area contributed by atoms with Gasteiger partial charge in [-0.05, 0) is 37.4 Å². The van der Waals surface area contributed by atoms with Crippen LogP contribution in [0, 0.1) is 6.92 Å². The molecule has 1 unspecified atom stereocenters. The molecule has 1 heterocycles. The van der Waals surface area contributed by atoms with Crippen molar-refractivity contribution in [2.75, 3.05) is 39.0 Å². The van der Waals surface area contributed by atoms with Crippen molar-refractivity contribution in [3.63, 3.8) is 0 Å². The smallest absolute Gasteiger partial charge is 0.193 e. The van der Waals surface area contributed by atoms with E-state index in [0.717, 1.165) is 17.1 Å². The minimum Gasteiger partial charge on any atom is -0.492 e. The molecule has 0 aliphatic heterocycles. The predicted octanol–water partition coefficient (Wildman–Crippen LogP) is 2.79. The molecular weight excluding hydrogens is 537 g/mol. The van der Waals surface area contributed by atoms with Crippen molar-refractivity contribution in [3.8, 4) is 5.75 Å². The maximum Gasteiger partial charge on any atom is 0.193 e. The van der Waals surface area contributed by atoms with E-state index in [2.05, 4.69) is 10.3 Å². The van der Waals surface area contributed by atoms with Gasteiger partial charge in [0.25, 0.3) is 0 Å². The van der Waals surface area contributed by atoms with E-state index in [9.17, 15) is 13.5 Å². The number of aliphatic hydroxyl groups is 1. The topological polar surface area (TPSA) is 91.2 Å². The number of likely N-dealkylation sites (N-methyl/N-ethyl adjacent to an activating group) is 1. The molecule has 0 bridgehead atoms. The average Bonchev–Trinajstić information content (AvgIpc) is 3.22. The van der Waals surface area contributed by atoms with Crippen LogP contribution in [0.2, 0.25) is 0 Å². The predicted molar refractivity (Wildman–Crippen MR) is 133 cm³/mol. The third-order valence-electron chi connectivity index (χ3n) is 4.08. The number of thiophene rings is 1. The monoisotopic (exact) mass is 567 g/mol. The fraction of sp³-hybridized carbons (Fsp3) is 0.450. The molecule has 0 saturated heterocycles. The van der Waals surface area contributed by atoms with Gasteiger partial charge in [0.2, 0.25) is 0 Å². The molecule has 1 atom stereocenters. The molecule has 0 radical (unpaired) electrons. The highest BCUT2D eigenvalue weighted by Gasteiger charge is 2.20. The molecule has 7 nitrogen and oxygen atoms in total. The summed E-state index contributed by atoms with van der Waals surface area (Å²) in [7, 11) is -1.63. The van der Waals surface area contributed by atoms with Gasteiger partial charge in [0.15, 0.2) is 15.8 Å². The van der Waals surface area contributed by atoms with E-state index in [1.54, 1.807) is 17.5 Å². The summed E-state index contributed by atoms with van der Waals surface area (Å²) >= 11 is 1.15. The molecule has 0 spiro atoms. The molecule has 0 fully saturated rings. The number of hydrogen-bond donors (Lipinski definition) is 2. The molecule has 0 aliphatic carbocycles. The number of aliphatic imine (C=N–C) groups is 1. The summed E-state index contributed by atoms with van der Waals surface area (Å²) < 4.78 is 30.5. The van der Waals surface area contributed by atoms with Crippen LogP contribution in [0.15, 0.2) is 51.0 Å². The summed E-state index contributed by atoms with van der Waals surface area (Å²) in [6.07, 6.45) is -1.08. The van der Waals surface area contributed by atoms with Crippen LogP contribution in [-0.4, -0.2) is 69.5 Å². The number of benzene rings is 1. The Kier molecular flexibility index (Phi) is 11.7. The first kappa shape index (κ1) is 26.7. The number of nitrogens with one attached hydrogen (secondary N) is 1. The number of nitrogens with zero attached hydrogens (tertiary/aromatic N) is 2. The Labute approximate surface area is 200 Å². The second kappa shape index (κ2) is 13.1. The largest absolute Gasteiger partial charge is 0.492 e. The lowest BCUT2D eigenvalue weighted by molar-refractivity contribution is 0.205. The number of aliphatic hydroxyl groups excluding tert-OH is 1. The number of aryl methyl sites for hydroxylation is 1. The summed E-state index contributed by atoms with van der Waals surface area (Å²) in [4.78, 5) is 6.27. The van der Waals surface area contributed by atoms with Crippen molar-refractivity contribution in [2.45, 2.75) is 24.2 Å². The van der Waals surface area contributed by atoms with E-state index in [1.807, 2.05) is 50.1 Å². The van der Waals surface area contributed by atoms with Crippen molar-refractivity contribution in [2.24, 2.45) is 4.99 Å². The molecule has 0 amide bonds. The molecule has 1 aromatic heterocycles. The molecule has 30 heavy (non-hydrogen) atoms. The highest BCUT2D eigenvalue weighted by Crippen LogP contribution is 2.18. The van der Waals surface area contributed by atoms with Gasteiger partial charge in [0.05, 0.1) is 24.9 Å². The highest BCUT2D eigenvalue weighted by molar-refractivity contribution is 14.0. The van der Waals surface area contributed by atoms with Crippen LogP contribution in [0.3, 0.4) is 0 Å². The number of sulfone groups is 1. The first-order valence-corrected chi connectivity index (χ1v) is 12.0. The van der Waals surface area contributed by atoms with Gasteiger partial charge in [-0.2, -0.15) is 0 Å². The SMILES string of the molecule is CCNC(=NCC(O)CS(=O)(=O)c1cccs1)N(C)CCOc1ccc(C)cc1.I. The van der Waals surface area contributed by atoms with Gasteiger partial charge in [0.1, 0.15) is 16.6 Å². The Balaban J connectivity index is 0.00000450. The van der Waals surface area contributed by atoms with Crippen molar-refractivity contribution < 1.29 is 18.3 Å². The van der Waals surface area contributed by atoms with Crippen LogP contribution in [0.1, 0.15) is 12.5 Å². The average molecular weight is 568 g/mol. The van der Waals surface area contributed by atoms with Crippen molar-refractivity contribution in [1.29, 1.82) is 0 Å². The third-order valence-corrected chi connectivity index (χ3v) is 7.36. The maximum absolute atomic E-state index is 12.3. The maximum atomic E-state index is 12.3. The zero-order valence-electron chi connectivity index (χ0n) is 17.4.